The Morgan fingerprint density at radius 2 is 2.43 bits per heavy atom. The molecule has 0 N–H and O–H groups in total. The van der Waals surface area contributed by atoms with Crippen molar-refractivity contribution >= 4 is 12.2 Å². The van der Waals surface area contributed by atoms with E-state index >= 15 is 0 Å². The van der Waals surface area contributed by atoms with Gasteiger partial charge in [-0.2, -0.15) is 0 Å². The van der Waals surface area contributed by atoms with E-state index in [4.69, 9.17) is 0 Å². The number of rotatable bonds is 2. The fourth-order valence-electron chi connectivity index (χ4n) is 1.61. The van der Waals surface area contributed by atoms with Crippen LogP contribution in [0, 0.1) is 0 Å². The number of nitrogens with zero attached hydrogens (tertiary/aromatic N) is 2. The second-order valence-corrected chi connectivity index (χ2v) is 3.17. The van der Waals surface area contributed by atoms with Crippen LogP contribution in [0.2, 0.25) is 0 Å². The van der Waals surface area contributed by atoms with Crippen LogP contribution >= 0.6 is 0 Å². The maximum Gasteiger partial charge on any atom is 0.256 e. The lowest BCUT2D eigenvalue weighted by atomic mass is 10.1. The number of carbonyl (C=O) groups is 2. The molecule has 1 amide bonds. The predicted molar refractivity (Wildman–Crippen MR) is 49.9 cm³/mol. The van der Waals surface area contributed by atoms with Crippen molar-refractivity contribution in [2.45, 2.75) is 6.42 Å². The third kappa shape index (κ3) is 1.39. The molecule has 1 aliphatic heterocycles. The maximum atomic E-state index is 11.7. The summed E-state index contributed by atoms with van der Waals surface area (Å²) in [4.78, 5) is 27.7. The van der Waals surface area contributed by atoms with E-state index in [1.165, 1.54) is 4.90 Å². The molecule has 0 saturated carbocycles. The summed E-state index contributed by atoms with van der Waals surface area (Å²) in [6.45, 7) is 0.759. The van der Waals surface area contributed by atoms with Crippen molar-refractivity contribution in [2.24, 2.45) is 0 Å². The Bertz CT molecular complexity index is 376. The van der Waals surface area contributed by atoms with Gasteiger partial charge in [0.15, 0.2) is 0 Å². The zero-order valence-corrected chi connectivity index (χ0v) is 7.64. The molecule has 2 heterocycles. The molecule has 0 bridgehead atoms. The van der Waals surface area contributed by atoms with Crippen LogP contribution in [-0.2, 0) is 11.2 Å². The Hall–Kier alpha value is -1.71. The molecule has 4 nitrogen and oxygen atoms in total. The number of pyridine rings is 1. The van der Waals surface area contributed by atoms with Gasteiger partial charge in [-0.25, -0.2) is 0 Å². The molecule has 0 spiro atoms. The van der Waals surface area contributed by atoms with Gasteiger partial charge in [-0.3, -0.25) is 9.78 Å². The average molecular weight is 190 g/mol. The fraction of sp³-hybridized carbons (Fsp3) is 0.300. The van der Waals surface area contributed by atoms with Gasteiger partial charge in [0.2, 0.25) is 0 Å². The standard InChI is InChI=1S/C10H10N2O2/c13-7-6-12-5-3-9-8(10(12)14)2-1-4-11-9/h1-2,4,7H,3,5-6H2. The molecule has 4 heteroatoms. The van der Waals surface area contributed by atoms with Gasteiger partial charge in [-0.1, -0.05) is 0 Å². The van der Waals surface area contributed by atoms with E-state index in [2.05, 4.69) is 4.98 Å². The lowest BCUT2D eigenvalue weighted by Crippen LogP contribution is -2.39. The highest BCUT2D eigenvalue weighted by Crippen LogP contribution is 2.15. The third-order valence-corrected chi connectivity index (χ3v) is 2.32. The van der Waals surface area contributed by atoms with Crippen LogP contribution in [0.25, 0.3) is 0 Å². The second kappa shape index (κ2) is 3.57. The van der Waals surface area contributed by atoms with Gasteiger partial charge >= 0.3 is 0 Å². The highest BCUT2D eigenvalue weighted by Gasteiger charge is 2.23. The summed E-state index contributed by atoms with van der Waals surface area (Å²) in [6.07, 6.45) is 3.16. The summed E-state index contributed by atoms with van der Waals surface area (Å²) in [5, 5.41) is 0. The number of carbonyl (C=O) groups excluding carboxylic acids is 2. The zero-order chi connectivity index (χ0) is 9.97. The molecule has 1 aromatic heterocycles. The highest BCUT2D eigenvalue weighted by molar-refractivity contribution is 5.97. The largest absolute Gasteiger partial charge is 0.331 e. The molecule has 0 aliphatic carbocycles. The first kappa shape index (κ1) is 8.87. The first-order valence-corrected chi connectivity index (χ1v) is 4.49. The lowest BCUT2D eigenvalue weighted by Gasteiger charge is -2.25. The molecular weight excluding hydrogens is 180 g/mol. The smallest absolute Gasteiger partial charge is 0.256 e. The number of hydrogen-bond donors (Lipinski definition) is 0. The first-order chi connectivity index (χ1) is 6.83. The van der Waals surface area contributed by atoms with Crippen LogP contribution < -0.4 is 0 Å². The zero-order valence-electron chi connectivity index (χ0n) is 7.64. The highest BCUT2D eigenvalue weighted by atomic mass is 16.2. The van der Waals surface area contributed by atoms with Crippen LogP contribution in [0.15, 0.2) is 18.3 Å². The maximum absolute atomic E-state index is 11.7. The molecular formula is C10H10N2O2. The Kier molecular flexibility index (Phi) is 2.26. The van der Waals surface area contributed by atoms with Crippen LogP contribution in [0.3, 0.4) is 0 Å². The Labute approximate surface area is 81.6 Å². The van der Waals surface area contributed by atoms with Crippen molar-refractivity contribution in [3.05, 3.63) is 29.6 Å². The predicted octanol–water partition coefficient (Wildman–Crippen LogP) is 0.279. The summed E-state index contributed by atoms with van der Waals surface area (Å²) in [5.41, 5.74) is 1.46. The van der Waals surface area contributed by atoms with Crippen LogP contribution in [0.1, 0.15) is 16.1 Å². The summed E-state index contributed by atoms with van der Waals surface area (Å²) in [5.74, 6) is -0.0912. The molecule has 14 heavy (non-hydrogen) atoms. The number of aromatic nitrogens is 1. The molecule has 2 rings (SSSR count). The minimum Gasteiger partial charge on any atom is -0.331 e. The number of fused-ring (bicyclic) bond motifs is 1. The minimum absolute atomic E-state index is 0.0912. The van der Waals surface area contributed by atoms with Gasteiger partial charge < -0.3 is 9.69 Å². The van der Waals surface area contributed by atoms with Crippen molar-refractivity contribution in [3.8, 4) is 0 Å². The molecule has 0 aromatic carbocycles. The van der Waals surface area contributed by atoms with E-state index in [1.807, 2.05) is 0 Å². The van der Waals surface area contributed by atoms with Gasteiger partial charge in [-0.05, 0) is 12.1 Å². The third-order valence-electron chi connectivity index (χ3n) is 2.32. The van der Waals surface area contributed by atoms with E-state index in [0.717, 1.165) is 18.4 Å². The minimum atomic E-state index is -0.0912. The van der Waals surface area contributed by atoms with E-state index in [0.29, 0.717) is 12.1 Å². The number of hydrogen-bond acceptors (Lipinski definition) is 3. The Balaban J connectivity index is 2.31. The molecule has 1 aliphatic rings. The number of aldehydes is 1. The molecule has 0 atom stereocenters. The lowest BCUT2D eigenvalue weighted by molar-refractivity contribution is -0.108. The van der Waals surface area contributed by atoms with Gasteiger partial charge in [0.25, 0.3) is 5.91 Å². The van der Waals surface area contributed by atoms with E-state index in [-0.39, 0.29) is 12.5 Å². The van der Waals surface area contributed by atoms with Crippen molar-refractivity contribution in [1.82, 2.24) is 9.88 Å². The van der Waals surface area contributed by atoms with Gasteiger partial charge in [0, 0.05) is 19.2 Å². The molecule has 1 aromatic rings. The molecule has 0 radical (unpaired) electrons. The van der Waals surface area contributed by atoms with E-state index in [9.17, 15) is 9.59 Å². The van der Waals surface area contributed by atoms with Crippen LogP contribution in [-0.4, -0.2) is 35.2 Å². The van der Waals surface area contributed by atoms with Gasteiger partial charge in [0.1, 0.15) is 6.29 Å². The summed E-state index contributed by atoms with van der Waals surface area (Å²) in [7, 11) is 0. The number of amides is 1. The Morgan fingerprint density at radius 1 is 1.57 bits per heavy atom. The SMILES string of the molecule is O=CCN1CCc2ncccc2C1=O. The molecule has 0 fully saturated rings. The van der Waals surface area contributed by atoms with Crippen molar-refractivity contribution in [3.63, 3.8) is 0 Å². The second-order valence-electron chi connectivity index (χ2n) is 3.17. The summed E-state index contributed by atoms with van der Waals surface area (Å²) in [6, 6.07) is 3.49. The first-order valence-electron chi connectivity index (χ1n) is 4.49. The molecule has 72 valence electrons. The van der Waals surface area contributed by atoms with Crippen molar-refractivity contribution in [2.75, 3.05) is 13.1 Å². The van der Waals surface area contributed by atoms with Gasteiger partial charge in [0.05, 0.1) is 17.8 Å². The fourth-order valence-corrected chi connectivity index (χ4v) is 1.61. The van der Waals surface area contributed by atoms with Crippen molar-refractivity contribution in [1.29, 1.82) is 0 Å². The van der Waals surface area contributed by atoms with Gasteiger partial charge in [-0.15, -0.1) is 0 Å². The normalized spacial score (nSPS) is 15.1. The monoisotopic (exact) mass is 190 g/mol. The van der Waals surface area contributed by atoms with Crippen LogP contribution in [0.4, 0.5) is 0 Å². The average Bonchev–Trinajstić information content (AvgIpc) is 2.23. The van der Waals surface area contributed by atoms with E-state index < -0.39 is 0 Å². The Morgan fingerprint density at radius 3 is 3.21 bits per heavy atom. The quantitative estimate of drug-likeness (QED) is 0.629. The molecule has 0 saturated heterocycles. The van der Waals surface area contributed by atoms with Crippen molar-refractivity contribution < 1.29 is 9.59 Å². The topological polar surface area (TPSA) is 50.3 Å². The summed E-state index contributed by atoms with van der Waals surface area (Å²) >= 11 is 0. The molecule has 0 unspecified atom stereocenters. The van der Waals surface area contributed by atoms with Crippen LogP contribution in [0.5, 0.6) is 0 Å². The summed E-state index contributed by atoms with van der Waals surface area (Å²) < 4.78 is 0. The van der Waals surface area contributed by atoms with E-state index in [1.54, 1.807) is 18.3 Å².